The summed E-state index contributed by atoms with van der Waals surface area (Å²) in [6.45, 7) is 0. The Bertz CT molecular complexity index is 620. The zero-order valence-electron chi connectivity index (χ0n) is 10.6. The third kappa shape index (κ3) is 4.63. The number of benzene rings is 1. The smallest absolute Gasteiger partial charge is 0.406 e. The van der Waals surface area contributed by atoms with Gasteiger partial charge in [0.05, 0.1) is 0 Å². The molecule has 21 heavy (non-hydrogen) atoms. The van der Waals surface area contributed by atoms with Crippen molar-refractivity contribution in [2.24, 2.45) is 0 Å². The van der Waals surface area contributed by atoms with Crippen LogP contribution in [0.5, 0.6) is 5.75 Å². The highest BCUT2D eigenvalue weighted by atomic mass is 35.5. The minimum absolute atomic E-state index is 0.0196. The van der Waals surface area contributed by atoms with Crippen LogP contribution in [0.15, 0.2) is 24.3 Å². The maximum atomic E-state index is 12.0. The molecule has 6 nitrogen and oxygen atoms in total. The molecule has 2 rings (SSSR count). The van der Waals surface area contributed by atoms with E-state index in [0.717, 1.165) is 12.1 Å². The molecule has 0 saturated heterocycles. The molecule has 0 aliphatic carbocycles. The number of hydrogen-bond acceptors (Lipinski definition) is 6. The van der Waals surface area contributed by atoms with E-state index in [2.05, 4.69) is 30.3 Å². The molecule has 0 saturated carbocycles. The van der Waals surface area contributed by atoms with Gasteiger partial charge in [0.2, 0.25) is 17.2 Å². The van der Waals surface area contributed by atoms with Crippen molar-refractivity contribution in [1.82, 2.24) is 15.0 Å². The fourth-order valence-corrected chi connectivity index (χ4v) is 1.55. The molecule has 0 aliphatic heterocycles. The second kappa shape index (κ2) is 6.00. The lowest BCUT2D eigenvalue weighted by atomic mass is 10.3. The Labute approximate surface area is 122 Å². The number of alkyl halides is 3. The zero-order chi connectivity index (χ0) is 15.5. The third-order valence-electron chi connectivity index (χ3n) is 2.18. The molecular formula is C11H9ClF3N5O. The van der Waals surface area contributed by atoms with Crippen LogP contribution < -0.4 is 15.4 Å². The lowest BCUT2D eigenvalue weighted by Crippen LogP contribution is -2.17. The van der Waals surface area contributed by atoms with Gasteiger partial charge in [0, 0.05) is 12.7 Å². The van der Waals surface area contributed by atoms with E-state index in [-0.39, 0.29) is 22.9 Å². The van der Waals surface area contributed by atoms with Crippen LogP contribution in [0.2, 0.25) is 5.28 Å². The van der Waals surface area contributed by atoms with E-state index in [1.54, 1.807) is 7.05 Å². The molecule has 0 aliphatic rings. The molecule has 1 aromatic carbocycles. The lowest BCUT2D eigenvalue weighted by molar-refractivity contribution is -0.274. The van der Waals surface area contributed by atoms with Crippen molar-refractivity contribution in [2.45, 2.75) is 6.36 Å². The van der Waals surface area contributed by atoms with E-state index in [1.165, 1.54) is 12.1 Å². The van der Waals surface area contributed by atoms with Gasteiger partial charge in [-0.25, -0.2) is 0 Å². The van der Waals surface area contributed by atoms with Crippen molar-refractivity contribution in [1.29, 1.82) is 0 Å². The molecule has 0 atom stereocenters. The van der Waals surface area contributed by atoms with Crippen LogP contribution >= 0.6 is 11.6 Å². The first-order valence-electron chi connectivity index (χ1n) is 5.58. The van der Waals surface area contributed by atoms with Gasteiger partial charge in [-0.3, -0.25) is 0 Å². The summed E-state index contributed by atoms with van der Waals surface area (Å²) >= 11 is 5.71. The average molecular weight is 320 g/mol. The number of ether oxygens (including phenoxy) is 1. The molecule has 112 valence electrons. The second-order valence-corrected chi connectivity index (χ2v) is 4.04. The number of nitrogens with zero attached hydrogens (tertiary/aromatic N) is 3. The zero-order valence-corrected chi connectivity index (χ0v) is 11.3. The summed E-state index contributed by atoms with van der Waals surface area (Å²) in [6.07, 6.45) is -4.72. The molecule has 2 aromatic rings. The second-order valence-electron chi connectivity index (χ2n) is 3.70. The number of aromatic nitrogens is 3. The lowest BCUT2D eigenvalue weighted by Gasteiger charge is -2.10. The van der Waals surface area contributed by atoms with Crippen molar-refractivity contribution < 1.29 is 17.9 Å². The number of nitrogens with one attached hydrogen (secondary N) is 2. The van der Waals surface area contributed by atoms with Gasteiger partial charge < -0.3 is 15.4 Å². The summed E-state index contributed by atoms with van der Waals surface area (Å²) in [5.74, 6) is 0.0935. The van der Waals surface area contributed by atoms with E-state index in [0.29, 0.717) is 5.69 Å². The molecule has 2 N–H and O–H groups in total. The third-order valence-corrected chi connectivity index (χ3v) is 2.34. The van der Waals surface area contributed by atoms with Crippen molar-refractivity contribution in [2.75, 3.05) is 17.7 Å². The first-order valence-corrected chi connectivity index (χ1v) is 5.96. The normalized spacial score (nSPS) is 11.1. The van der Waals surface area contributed by atoms with Crippen LogP contribution in [0.3, 0.4) is 0 Å². The van der Waals surface area contributed by atoms with Gasteiger partial charge in [-0.05, 0) is 35.9 Å². The van der Waals surface area contributed by atoms with Crippen LogP contribution in [0.4, 0.5) is 30.8 Å². The minimum Gasteiger partial charge on any atom is -0.406 e. The molecule has 0 spiro atoms. The molecule has 0 bridgehead atoms. The Hall–Kier alpha value is -2.29. The van der Waals surface area contributed by atoms with Gasteiger partial charge in [-0.1, -0.05) is 0 Å². The summed E-state index contributed by atoms with van der Waals surface area (Å²) in [6, 6.07) is 5.10. The monoisotopic (exact) mass is 319 g/mol. The minimum atomic E-state index is -4.72. The maximum Gasteiger partial charge on any atom is 0.573 e. The van der Waals surface area contributed by atoms with E-state index in [1.807, 2.05) is 0 Å². The largest absolute Gasteiger partial charge is 0.573 e. The topological polar surface area (TPSA) is 72.0 Å². The highest BCUT2D eigenvalue weighted by Crippen LogP contribution is 2.25. The van der Waals surface area contributed by atoms with Crippen LogP contribution in [0.25, 0.3) is 0 Å². The van der Waals surface area contributed by atoms with Crippen molar-refractivity contribution >= 4 is 29.2 Å². The molecule has 1 heterocycles. The Kier molecular flexibility index (Phi) is 4.32. The fourth-order valence-electron chi connectivity index (χ4n) is 1.39. The predicted molar refractivity (Wildman–Crippen MR) is 70.8 cm³/mol. The van der Waals surface area contributed by atoms with Crippen LogP contribution in [0.1, 0.15) is 0 Å². The van der Waals surface area contributed by atoms with Crippen LogP contribution in [0, 0.1) is 0 Å². The predicted octanol–water partition coefficient (Wildman–Crippen LogP) is 3.21. The Morgan fingerprint density at radius 3 is 2.24 bits per heavy atom. The SMILES string of the molecule is CNc1nc(Cl)nc(Nc2ccc(OC(F)(F)F)cc2)n1. The van der Waals surface area contributed by atoms with Gasteiger partial charge in [-0.15, -0.1) is 13.2 Å². The number of hydrogen-bond donors (Lipinski definition) is 2. The summed E-state index contributed by atoms with van der Waals surface area (Å²) < 4.78 is 39.9. The Morgan fingerprint density at radius 2 is 1.67 bits per heavy atom. The molecule has 0 radical (unpaired) electrons. The fraction of sp³-hybridized carbons (Fsp3) is 0.182. The quantitative estimate of drug-likeness (QED) is 0.901. The summed E-state index contributed by atoms with van der Waals surface area (Å²) in [5.41, 5.74) is 0.467. The Balaban J connectivity index is 2.11. The molecular weight excluding hydrogens is 311 g/mol. The van der Waals surface area contributed by atoms with Crippen LogP contribution in [-0.2, 0) is 0 Å². The molecule has 0 amide bonds. The molecule has 0 unspecified atom stereocenters. The van der Waals surface area contributed by atoms with E-state index >= 15 is 0 Å². The van der Waals surface area contributed by atoms with Gasteiger partial charge in [-0.2, -0.15) is 15.0 Å². The van der Waals surface area contributed by atoms with E-state index < -0.39 is 6.36 Å². The van der Waals surface area contributed by atoms with Gasteiger partial charge in [0.25, 0.3) is 0 Å². The van der Waals surface area contributed by atoms with Crippen molar-refractivity contribution in [3.63, 3.8) is 0 Å². The van der Waals surface area contributed by atoms with Gasteiger partial charge in [0.15, 0.2) is 0 Å². The maximum absolute atomic E-state index is 12.0. The van der Waals surface area contributed by atoms with Gasteiger partial charge >= 0.3 is 6.36 Å². The molecule has 10 heteroatoms. The standard InChI is InChI=1S/C11H9ClF3N5O/c1-16-9-18-8(12)19-10(20-9)17-6-2-4-7(5-3-6)21-11(13,14)15/h2-5H,1H3,(H2,16,17,18,19,20). The van der Waals surface area contributed by atoms with Crippen molar-refractivity contribution in [3.05, 3.63) is 29.5 Å². The van der Waals surface area contributed by atoms with Gasteiger partial charge in [0.1, 0.15) is 5.75 Å². The molecule has 1 aromatic heterocycles. The summed E-state index contributed by atoms with van der Waals surface area (Å²) in [4.78, 5) is 11.6. The van der Waals surface area contributed by atoms with Crippen LogP contribution in [-0.4, -0.2) is 28.4 Å². The van der Waals surface area contributed by atoms with E-state index in [4.69, 9.17) is 11.6 Å². The number of halogens is 4. The summed E-state index contributed by atoms with van der Waals surface area (Å²) in [5, 5.41) is 5.46. The van der Waals surface area contributed by atoms with Crippen molar-refractivity contribution in [3.8, 4) is 5.75 Å². The number of anilines is 3. The first-order chi connectivity index (χ1) is 9.85. The molecule has 0 fully saturated rings. The number of rotatable bonds is 4. The highest BCUT2D eigenvalue weighted by Gasteiger charge is 2.30. The van der Waals surface area contributed by atoms with E-state index in [9.17, 15) is 13.2 Å². The highest BCUT2D eigenvalue weighted by molar-refractivity contribution is 6.28. The first kappa shape index (κ1) is 15.1. The summed E-state index contributed by atoms with van der Waals surface area (Å²) in [7, 11) is 1.61. The average Bonchev–Trinajstić information content (AvgIpc) is 2.38. The Morgan fingerprint density at radius 1 is 1.05 bits per heavy atom.